The molecule has 0 unspecified atom stereocenters. The minimum absolute atomic E-state index is 0.119. The van der Waals surface area contributed by atoms with Crippen molar-refractivity contribution in [3.05, 3.63) is 45.5 Å². The number of nitrogens with zero attached hydrogens (tertiary/aromatic N) is 3. The first-order chi connectivity index (χ1) is 9.56. The average molecular weight is 352 g/mol. The Hall–Kier alpha value is -1.93. The van der Waals surface area contributed by atoms with Crippen molar-refractivity contribution in [1.82, 2.24) is 19.4 Å². The summed E-state index contributed by atoms with van der Waals surface area (Å²) in [6, 6.07) is 7.83. The molecular formula is C12H10BrN5OS. The van der Waals surface area contributed by atoms with E-state index in [-0.39, 0.29) is 22.9 Å². The molecule has 102 valence electrons. The third kappa shape index (κ3) is 2.16. The Morgan fingerprint density at radius 1 is 1.45 bits per heavy atom. The molecule has 2 heterocycles. The van der Waals surface area contributed by atoms with Crippen LogP contribution in [0.25, 0.3) is 10.9 Å². The normalized spacial score (nSPS) is 11.1. The molecule has 0 bridgehead atoms. The summed E-state index contributed by atoms with van der Waals surface area (Å²) in [5.74, 6) is 5.56. The van der Waals surface area contributed by atoms with Crippen LogP contribution in [0, 0.1) is 4.77 Å². The van der Waals surface area contributed by atoms with Crippen LogP contribution in [0.4, 0.5) is 0 Å². The molecule has 0 atom stereocenters. The summed E-state index contributed by atoms with van der Waals surface area (Å²) in [5.41, 5.74) is 0.972. The van der Waals surface area contributed by atoms with E-state index in [1.807, 2.05) is 35.0 Å². The van der Waals surface area contributed by atoms with Gasteiger partial charge in [-0.3, -0.25) is 4.79 Å². The first kappa shape index (κ1) is 13.1. The molecule has 0 saturated carbocycles. The standard InChI is InChI=1S/C12H10BrN5OS/c13-8-1-2-9-7(5-8)3-4-17(9)6-10(19)11-15-16-12(20)18(11)14/h1-5H,6,14H2,(H,16,20). The highest BCUT2D eigenvalue weighted by Crippen LogP contribution is 2.21. The zero-order valence-corrected chi connectivity index (χ0v) is 12.6. The van der Waals surface area contributed by atoms with E-state index in [9.17, 15) is 4.79 Å². The maximum Gasteiger partial charge on any atom is 0.221 e. The SMILES string of the molecule is Nn1c(C(=O)Cn2ccc3cc(Br)ccc32)n[nH]c1=S. The van der Waals surface area contributed by atoms with Crippen LogP contribution in [0.3, 0.4) is 0 Å². The van der Waals surface area contributed by atoms with Gasteiger partial charge >= 0.3 is 0 Å². The zero-order valence-electron chi connectivity index (χ0n) is 10.2. The number of carbonyl (C=O) groups excluding carboxylic acids is 1. The van der Waals surface area contributed by atoms with Crippen molar-refractivity contribution in [2.75, 3.05) is 5.84 Å². The molecule has 0 aliphatic carbocycles. The maximum atomic E-state index is 12.2. The molecular weight excluding hydrogens is 342 g/mol. The molecule has 3 N–H and O–H groups in total. The summed E-state index contributed by atoms with van der Waals surface area (Å²) >= 11 is 8.31. The Bertz CT molecular complexity index is 862. The highest BCUT2D eigenvalue weighted by Gasteiger charge is 2.15. The number of ketones is 1. The molecule has 0 aliphatic rings. The molecule has 0 saturated heterocycles. The van der Waals surface area contributed by atoms with Gasteiger partial charge in [-0.1, -0.05) is 15.9 Å². The lowest BCUT2D eigenvalue weighted by Crippen LogP contribution is -2.20. The molecule has 3 aromatic rings. The number of aromatic nitrogens is 4. The van der Waals surface area contributed by atoms with E-state index in [4.69, 9.17) is 18.1 Å². The molecule has 20 heavy (non-hydrogen) atoms. The molecule has 0 fully saturated rings. The van der Waals surface area contributed by atoms with Gasteiger partial charge in [0.25, 0.3) is 0 Å². The number of nitrogen functional groups attached to an aromatic ring is 1. The number of halogens is 1. The van der Waals surface area contributed by atoms with E-state index < -0.39 is 0 Å². The fourth-order valence-electron chi connectivity index (χ4n) is 2.04. The lowest BCUT2D eigenvalue weighted by Gasteiger charge is -2.04. The monoisotopic (exact) mass is 351 g/mol. The number of nitrogens with two attached hydrogens (primary N) is 1. The topological polar surface area (TPSA) is 81.6 Å². The highest BCUT2D eigenvalue weighted by molar-refractivity contribution is 9.10. The van der Waals surface area contributed by atoms with E-state index in [0.29, 0.717) is 0 Å². The predicted octanol–water partition coefficient (Wildman–Crippen LogP) is 2.25. The van der Waals surface area contributed by atoms with Crippen LogP contribution in [0.1, 0.15) is 10.6 Å². The van der Waals surface area contributed by atoms with Gasteiger partial charge in [0.2, 0.25) is 16.4 Å². The van der Waals surface area contributed by atoms with Crippen LogP contribution in [-0.2, 0) is 6.54 Å². The Morgan fingerprint density at radius 2 is 2.25 bits per heavy atom. The van der Waals surface area contributed by atoms with Gasteiger partial charge in [-0.25, -0.2) is 9.77 Å². The van der Waals surface area contributed by atoms with E-state index in [1.54, 1.807) is 0 Å². The number of hydrogen-bond donors (Lipinski definition) is 2. The Labute approximate surface area is 127 Å². The van der Waals surface area contributed by atoms with Gasteiger partial charge in [0.05, 0.1) is 6.54 Å². The lowest BCUT2D eigenvalue weighted by atomic mass is 10.2. The lowest BCUT2D eigenvalue weighted by molar-refractivity contribution is 0.0960. The summed E-state index contributed by atoms with van der Waals surface area (Å²) in [4.78, 5) is 12.2. The third-order valence-corrected chi connectivity index (χ3v) is 3.78. The molecule has 0 spiro atoms. The maximum absolute atomic E-state index is 12.2. The van der Waals surface area contributed by atoms with Crippen molar-refractivity contribution < 1.29 is 4.79 Å². The van der Waals surface area contributed by atoms with Gasteiger partial charge in [0, 0.05) is 21.6 Å². The first-order valence-electron chi connectivity index (χ1n) is 5.76. The summed E-state index contributed by atoms with van der Waals surface area (Å²) in [6.45, 7) is 0.155. The van der Waals surface area contributed by atoms with Crippen molar-refractivity contribution in [3.63, 3.8) is 0 Å². The van der Waals surface area contributed by atoms with E-state index >= 15 is 0 Å². The number of nitrogens with one attached hydrogen (secondary N) is 1. The van der Waals surface area contributed by atoms with Crippen molar-refractivity contribution in [2.24, 2.45) is 0 Å². The Kier molecular flexibility index (Phi) is 3.19. The Morgan fingerprint density at radius 3 is 2.95 bits per heavy atom. The minimum Gasteiger partial charge on any atom is -0.340 e. The van der Waals surface area contributed by atoms with Crippen LogP contribution in [0.15, 0.2) is 34.9 Å². The number of benzene rings is 1. The average Bonchev–Trinajstić information content (AvgIpc) is 2.95. The van der Waals surface area contributed by atoms with Crippen molar-refractivity contribution in [3.8, 4) is 0 Å². The summed E-state index contributed by atoms with van der Waals surface area (Å²) in [5, 5.41) is 7.39. The largest absolute Gasteiger partial charge is 0.340 e. The smallest absolute Gasteiger partial charge is 0.221 e. The van der Waals surface area contributed by atoms with Crippen molar-refractivity contribution >= 4 is 44.8 Å². The van der Waals surface area contributed by atoms with Crippen molar-refractivity contribution in [1.29, 1.82) is 0 Å². The molecule has 2 aromatic heterocycles. The number of Topliss-reactive ketones (excluding diaryl/α,β-unsaturated/α-hetero) is 1. The van der Waals surface area contributed by atoms with Crippen LogP contribution in [-0.4, -0.2) is 25.2 Å². The first-order valence-corrected chi connectivity index (χ1v) is 6.96. The van der Waals surface area contributed by atoms with Gasteiger partial charge < -0.3 is 10.4 Å². The number of fused-ring (bicyclic) bond motifs is 1. The van der Waals surface area contributed by atoms with Gasteiger partial charge in [0.15, 0.2) is 0 Å². The van der Waals surface area contributed by atoms with E-state index in [1.165, 1.54) is 0 Å². The third-order valence-electron chi connectivity index (χ3n) is 3.00. The minimum atomic E-state index is -0.208. The number of aromatic amines is 1. The molecule has 6 nitrogen and oxygen atoms in total. The second kappa shape index (κ2) is 4.88. The van der Waals surface area contributed by atoms with Crippen LogP contribution in [0.5, 0.6) is 0 Å². The van der Waals surface area contributed by atoms with Crippen LogP contribution in [0.2, 0.25) is 0 Å². The molecule has 0 amide bonds. The number of hydrogen-bond acceptors (Lipinski definition) is 4. The summed E-state index contributed by atoms with van der Waals surface area (Å²) in [7, 11) is 0. The zero-order chi connectivity index (χ0) is 14.3. The van der Waals surface area contributed by atoms with Crippen molar-refractivity contribution in [2.45, 2.75) is 6.54 Å². The van der Waals surface area contributed by atoms with E-state index in [2.05, 4.69) is 26.1 Å². The second-order valence-electron chi connectivity index (χ2n) is 4.29. The van der Waals surface area contributed by atoms with Crippen LogP contribution < -0.4 is 5.84 Å². The van der Waals surface area contributed by atoms with Gasteiger partial charge in [-0.2, -0.15) is 0 Å². The molecule has 0 aliphatic heterocycles. The molecule has 1 aromatic carbocycles. The number of carbonyl (C=O) groups is 1. The van der Waals surface area contributed by atoms with Gasteiger partial charge in [0.1, 0.15) is 0 Å². The summed E-state index contributed by atoms with van der Waals surface area (Å²) in [6.07, 6.45) is 1.86. The second-order valence-corrected chi connectivity index (χ2v) is 5.59. The van der Waals surface area contributed by atoms with Gasteiger partial charge in [-0.15, -0.1) is 5.10 Å². The fraction of sp³-hybridized carbons (Fsp3) is 0.0833. The summed E-state index contributed by atoms with van der Waals surface area (Å²) < 4.78 is 4.15. The fourth-order valence-corrected chi connectivity index (χ4v) is 2.55. The molecule has 0 radical (unpaired) electrons. The number of rotatable bonds is 3. The quantitative estimate of drug-likeness (QED) is 0.430. The van der Waals surface area contributed by atoms with E-state index in [0.717, 1.165) is 20.1 Å². The van der Waals surface area contributed by atoms with Crippen LogP contribution >= 0.6 is 28.1 Å². The predicted molar refractivity (Wildman–Crippen MR) is 81.5 cm³/mol. The molecule has 8 heteroatoms. The van der Waals surface area contributed by atoms with Gasteiger partial charge in [-0.05, 0) is 36.5 Å². The Balaban J connectivity index is 1.95. The number of H-pyrrole nitrogens is 1. The molecule has 3 rings (SSSR count). The highest BCUT2D eigenvalue weighted by atomic mass is 79.9.